The van der Waals surface area contributed by atoms with Crippen LogP contribution in [0.15, 0.2) is 53.7 Å². The van der Waals surface area contributed by atoms with E-state index in [1.165, 1.54) is 16.7 Å². The maximum absolute atomic E-state index is 13.1. The van der Waals surface area contributed by atoms with Gasteiger partial charge in [0.15, 0.2) is 11.7 Å². The molecular weight excluding hydrogens is 462 g/mol. The topological polar surface area (TPSA) is 98.7 Å². The molecule has 0 spiro atoms. The Morgan fingerprint density at radius 1 is 1.06 bits per heavy atom. The van der Waals surface area contributed by atoms with Gasteiger partial charge in [0.1, 0.15) is 9.90 Å². The van der Waals surface area contributed by atoms with E-state index in [0.717, 1.165) is 16.9 Å². The lowest BCUT2D eigenvalue weighted by molar-refractivity contribution is -0.121. The Hall–Kier alpha value is -3.24. The molecule has 1 amide bonds. The molecule has 2 aromatic heterocycles. The van der Waals surface area contributed by atoms with Crippen LogP contribution in [0.3, 0.4) is 0 Å². The van der Waals surface area contributed by atoms with Crippen molar-refractivity contribution in [3.63, 3.8) is 0 Å². The van der Waals surface area contributed by atoms with Crippen LogP contribution in [0.1, 0.15) is 38.2 Å². The van der Waals surface area contributed by atoms with Crippen LogP contribution in [0.4, 0.5) is 5.13 Å². The number of thiazole rings is 1. The van der Waals surface area contributed by atoms with E-state index in [1.54, 1.807) is 38.4 Å². The van der Waals surface area contributed by atoms with Crippen molar-refractivity contribution in [3.05, 3.63) is 70.4 Å². The van der Waals surface area contributed by atoms with Gasteiger partial charge in [0.2, 0.25) is 0 Å². The Labute approximate surface area is 200 Å². The quantitative estimate of drug-likeness (QED) is 0.329. The third-order valence-electron chi connectivity index (χ3n) is 4.47. The van der Waals surface area contributed by atoms with Gasteiger partial charge in [0, 0.05) is 6.20 Å². The summed E-state index contributed by atoms with van der Waals surface area (Å²) in [5.41, 5.74) is 1.62. The Morgan fingerprint density at radius 3 is 2.52 bits per heavy atom. The summed E-state index contributed by atoms with van der Waals surface area (Å²) in [5, 5.41) is 0.845. The summed E-state index contributed by atoms with van der Waals surface area (Å²) in [5.74, 6) is -1.59. The van der Waals surface area contributed by atoms with Gasteiger partial charge in [-0.25, -0.2) is 19.6 Å². The SMILES string of the molecule is CCOC(=O)c1sc(N(Cc2ccccc2)C(=O)COC(=O)c2cccnc2SC)nc1C. The van der Waals surface area contributed by atoms with Crippen LogP contribution in [0.2, 0.25) is 0 Å². The number of pyridine rings is 1. The molecule has 0 N–H and O–H groups in total. The van der Waals surface area contributed by atoms with Gasteiger partial charge in [0.25, 0.3) is 5.91 Å². The second-order valence-corrected chi connectivity index (χ2v) is 8.51. The molecule has 0 aliphatic rings. The van der Waals surface area contributed by atoms with Gasteiger partial charge in [-0.1, -0.05) is 41.7 Å². The zero-order valence-corrected chi connectivity index (χ0v) is 20.1. The fourth-order valence-corrected chi connectivity index (χ4v) is 4.42. The highest BCUT2D eigenvalue weighted by molar-refractivity contribution is 7.98. The number of hydrogen-bond donors (Lipinski definition) is 0. The molecule has 0 aliphatic carbocycles. The maximum atomic E-state index is 13.1. The third-order valence-corrected chi connectivity index (χ3v) is 6.35. The van der Waals surface area contributed by atoms with Crippen molar-refractivity contribution in [1.82, 2.24) is 9.97 Å². The highest BCUT2D eigenvalue weighted by Gasteiger charge is 2.25. The van der Waals surface area contributed by atoms with Crippen molar-refractivity contribution in [2.45, 2.75) is 25.4 Å². The summed E-state index contributed by atoms with van der Waals surface area (Å²) in [6.07, 6.45) is 3.39. The van der Waals surface area contributed by atoms with Gasteiger partial charge >= 0.3 is 11.9 Å². The number of anilines is 1. The molecule has 2 heterocycles. The number of carbonyl (C=O) groups is 3. The molecule has 0 saturated carbocycles. The van der Waals surface area contributed by atoms with Gasteiger partial charge in [-0.05, 0) is 37.8 Å². The first-order valence-electron chi connectivity index (χ1n) is 10.1. The molecule has 0 saturated heterocycles. The predicted molar refractivity (Wildman–Crippen MR) is 127 cm³/mol. The predicted octanol–water partition coefficient (Wildman–Crippen LogP) is 4.14. The first kappa shape index (κ1) is 24.4. The molecule has 0 radical (unpaired) electrons. The standard InChI is InChI=1S/C23H23N3O5S2/c1-4-30-22(29)19-15(2)25-23(33-19)26(13-16-9-6-5-7-10-16)18(27)14-31-21(28)17-11-8-12-24-20(17)32-3/h5-12H,4,13-14H2,1-3H3. The van der Waals surface area contributed by atoms with Crippen molar-refractivity contribution < 1.29 is 23.9 Å². The average Bonchev–Trinajstić information content (AvgIpc) is 3.22. The first-order chi connectivity index (χ1) is 15.9. The molecule has 10 heteroatoms. The number of carbonyl (C=O) groups excluding carboxylic acids is 3. The molecule has 3 aromatic rings. The van der Waals surface area contributed by atoms with Crippen LogP contribution in [0.5, 0.6) is 0 Å². The second kappa shape index (κ2) is 11.6. The summed E-state index contributed by atoms with van der Waals surface area (Å²) in [6.45, 7) is 3.36. The van der Waals surface area contributed by atoms with E-state index >= 15 is 0 Å². The minimum atomic E-state index is -0.636. The van der Waals surface area contributed by atoms with E-state index in [0.29, 0.717) is 26.3 Å². The van der Waals surface area contributed by atoms with Crippen LogP contribution in [-0.4, -0.2) is 47.3 Å². The number of hydrogen-bond acceptors (Lipinski definition) is 9. The summed E-state index contributed by atoms with van der Waals surface area (Å²) in [7, 11) is 0. The molecule has 0 atom stereocenters. The summed E-state index contributed by atoms with van der Waals surface area (Å²) >= 11 is 2.38. The lowest BCUT2D eigenvalue weighted by Gasteiger charge is -2.20. The lowest BCUT2D eigenvalue weighted by Crippen LogP contribution is -2.34. The zero-order chi connectivity index (χ0) is 23.8. The third kappa shape index (κ3) is 6.17. The molecule has 1 aromatic carbocycles. The van der Waals surface area contributed by atoms with Gasteiger partial charge in [-0.3, -0.25) is 9.69 Å². The molecule has 172 valence electrons. The Bertz CT molecular complexity index is 1130. The summed E-state index contributed by atoms with van der Waals surface area (Å²) in [4.78, 5) is 48.2. The number of nitrogens with zero attached hydrogens (tertiary/aromatic N) is 3. The van der Waals surface area contributed by atoms with E-state index in [-0.39, 0.29) is 13.2 Å². The summed E-state index contributed by atoms with van der Waals surface area (Å²) in [6, 6.07) is 12.6. The van der Waals surface area contributed by atoms with E-state index in [2.05, 4.69) is 9.97 Å². The number of thioether (sulfide) groups is 1. The Kier molecular flexibility index (Phi) is 8.56. The van der Waals surface area contributed by atoms with Crippen molar-refractivity contribution in [1.29, 1.82) is 0 Å². The zero-order valence-electron chi connectivity index (χ0n) is 18.4. The molecule has 0 fully saturated rings. The monoisotopic (exact) mass is 485 g/mol. The van der Waals surface area contributed by atoms with Gasteiger partial charge in [0.05, 0.1) is 24.4 Å². The maximum Gasteiger partial charge on any atom is 0.350 e. The molecule has 33 heavy (non-hydrogen) atoms. The van der Waals surface area contributed by atoms with Crippen LogP contribution in [0, 0.1) is 6.92 Å². The number of ether oxygens (including phenoxy) is 2. The second-order valence-electron chi connectivity index (χ2n) is 6.73. The van der Waals surface area contributed by atoms with Crippen molar-refractivity contribution in [2.75, 3.05) is 24.4 Å². The smallest absolute Gasteiger partial charge is 0.350 e. The first-order valence-corrected chi connectivity index (χ1v) is 12.1. The van der Waals surface area contributed by atoms with Gasteiger partial charge in [-0.2, -0.15) is 0 Å². The number of amides is 1. The highest BCUT2D eigenvalue weighted by Crippen LogP contribution is 2.28. The van der Waals surface area contributed by atoms with Crippen molar-refractivity contribution in [2.24, 2.45) is 0 Å². The van der Waals surface area contributed by atoms with E-state index < -0.39 is 24.5 Å². The molecule has 8 nitrogen and oxygen atoms in total. The lowest BCUT2D eigenvalue weighted by atomic mass is 10.2. The fraction of sp³-hybridized carbons (Fsp3) is 0.261. The number of rotatable bonds is 9. The van der Waals surface area contributed by atoms with Gasteiger partial charge < -0.3 is 9.47 Å². The fourth-order valence-electron chi connectivity index (χ4n) is 2.90. The minimum absolute atomic E-state index is 0.204. The van der Waals surface area contributed by atoms with E-state index in [1.807, 2.05) is 30.3 Å². The number of aromatic nitrogens is 2. The van der Waals surface area contributed by atoms with Crippen molar-refractivity contribution >= 4 is 46.1 Å². The van der Waals surface area contributed by atoms with Gasteiger partial charge in [-0.15, -0.1) is 11.8 Å². The van der Waals surface area contributed by atoms with Crippen LogP contribution in [0.25, 0.3) is 0 Å². The Morgan fingerprint density at radius 2 is 1.82 bits per heavy atom. The Balaban J connectivity index is 1.82. The van der Waals surface area contributed by atoms with Crippen molar-refractivity contribution in [3.8, 4) is 0 Å². The molecule has 3 rings (SSSR count). The summed E-state index contributed by atoms with van der Waals surface area (Å²) < 4.78 is 10.4. The minimum Gasteiger partial charge on any atom is -0.462 e. The molecular formula is C23H23N3O5S2. The van der Waals surface area contributed by atoms with E-state index in [4.69, 9.17) is 9.47 Å². The number of benzene rings is 1. The largest absolute Gasteiger partial charge is 0.462 e. The molecule has 0 unspecified atom stereocenters. The molecule has 0 aliphatic heterocycles. The van der Waals surface area contributed by atoms with Crippen LogP contribution >= 0.6 is 23.1 Å². The van der Waals surface area contributed by atoms with Crippen LogP contribution in [-0.2, 0) is 20.8 Å². The van der Waals surface area contributed by atoms with Crippen LogP contribution < -0.4 is 4.90 Å². The number of aryl methyl sites for hydroxylation is 1. The normalized spacial score (nSPS) is 10.5. The number of esters is 2. The molecule has 0 bridgehead atoms. The highest BCUT2D eigenvalue weighted by atomic mass is 32.2. The average molecular weight is 486 g/mol. The van der Waals surface area contributed by atoms with E-state index in [9.17, 15) is 14.4 Å².